The average molecular weight is 406 g/mol. The minimum absolute atomic E-state index is 0.285. The first kappa shape index (κ1) is 18.6. The lowest BCUT2D eigenvalue weighted by Crippen LogP contribution is -2.08. The van der Waals surface area contributed by atoms with Gasteiger partial charge < -0.3 is 5.73 Å². The van der Waals surface area contributed by atoms with Crippen LogP contribution in [0.4, 0.5) is 0 Å². The second-order valence-electron chi connectivity index (χ2n) is 6.28. The van der Waals surface area contributed by atoms with Crippen LogP contribution in [0.3, 0.4) is 0 Å². The monoisotopic (exact) mass is 405 g/mol. The minimum Gasteiger partial charge on any atom is -0.326 e. The van der Waals surface area contributed by atoms with Crippen LogP contribution >= 0.6 is 23.2 Å². The Kier molecular flexibility index (Phi) is 5.40. The van der Waals surface area contributed by atoms with Crippen molar-refractivity contribution in [1.29, 1.82) is 0 Å². The molecule has 0 aliphatic heterocycles. The lowest BCUT2D eigenvalue weighted by molar-refractivity contribution is 1.02. The fourth-order valence-electron chi connectivity index (χ4n) is 3.13. The van der Waals surface area contributed by atoms with Gasteiger partial charge in [0.1, 0.15) is 0 Å². The highest BCUT2D eigenvalue weighted by Crippen LogP contribution is 2.36. The van der Waals surface area contributed by atoms with Crippen molar-refractivity contribution < 1.29 is 0 Å². The van der Waals surface area contributed by atoms with Crippen LogP contribution in [0.2, 0.25) is 10.0 Å². The van der Waals surface area contributed by atoms with Crippen LogP contribution in [0.25, 0.3) is 33.9 Å². The SMILES string of the molecule is NCc1c(-c2ccccc2)nc(-c2ccccc2)nc1-c1ccc(Cl)cc1Cl. The maximum absolute atomic E-state index is 6.50. The molecule has 0 aliphatic carbocycles. The van der Waals surface area contributed by atoms with Gasteiger partial charge in [-0.25, -0.2) is 9.97 Å². The van der Waals surface area contributed by atoms with Gasteiger partial charge in [-0.15, -0.1) is 0 Å². The summed E-state index contributed by atoms with van der Waals surface area (Å²) in [5, 5.41) is 1.10. The van der Waals surface area contributed by atoms with Gasteiger partial charge in [0.2, 0.25) is 0 Å². The number of rotatable bonds is 4. The van der Waals surface area contributed by atoms with Crippen molar-refractivity contribution in [2.45, 2.75) is 6.54 Å². The Morgan fingerprint density at radius 2 is 1.32 bits per heavy atom. The van der Waals surface area contributed by atoms with Crippen LogP contribution in [-0.4, -0.2) is 9.97 Å². The first-order valence-corrected chi connectivity index (χ1v) is 9.60. The molecule has 0 amide bonds. The van der Waals surface area contributed by atoms with Gasteiger partial charge in [0.05, 0.1) is 16.4 Å². The highest BCUT2D eigenvalue weighted by molar-refractivity contribution is 6.36. The Labute approximate surface area is 173 Å². The summed E-state index contributed by atoms with van der Waals surface area (Å²) in [6.45, 7) is 0.285. The summed E-state index contributed by atoms with van der Waals surface area (Å²) in [6, 6.07) is 25.2. The quantitative estimate of drug-likeness (QED) is 0.436. The van der Waals surface area contributed by atoms with Crippen LogP contribution in [0.5, 0.6) is 0 Å². The van der Waals surface area contributed by atoms with Gasteiger partial charge in [-0.2, -0.15) is 0 Å². The highest BCUT2D eigenvalue weighted by Gasteiger charge is 2.19. The maximum atomic E-state index is 6.50. The standard InChI is InChI=1S/C23H17Cl2N3/c24-17-11-12-18(20(25)13-17)22-19(14-26)21(15-7-3-1-4-8-15)27-23(28-22)16-9-5-2-6-10-16/h1-13H,14,26H2. The Hall–Kier alpha value is -2.72. The van der Waals surface area contributed by atoms with Crippen LogP contribution in [0.1, 0.15) is 5.56 Å². The molecule has 28 heavy (non-hydrogen) atoms. The molecular formula is C23H17Cl2N3. The van der Waals surface area contributed by atoms with Crippen molar-refractivity contribution in [3.05, 3.63) is 94.5 Å². The average Bonchev–Trinajstić information content (AvgIpc) is 2.74. The molecule has 0 unspecified atom stereocenters. The van der Waals surface area contributed by atoms with Gasteiger partial charge in [0, 0.05) is 33.8 Å². The van der Waals surface area contributed by atoms with E-state index in [-0.39, 0.29) is 6.54 Å². The van der Waals surface area contributed by atoms with Crippen LogP contribution in [0.15, 0.2) is 78.9 Å². The maximum Gasteiger partial charge on any atom is 0.160 e. The number of hydrogen-bond acceptors (Lipinski definition) is 3. The molecule has 1 heterocycles. The van der Waals surface area contributed by atoms with Gasteiger partial charge in [-0.05, 0) is 18.2 Å². The van der Waals surface area contributed by atoms with Crippen molar-refractivity contribution in [1.82, 2.24) is 9.97 Å². The van der Waals surface area contributed by atoms with Gasteiger partial charge in [0.15, 0.2) is 5.82 Å². The molecule has 0 bridgehead atoms. The summed E-state index contributed by atoms with van der Waals surface area (Å²) in [5.74, 6) is 0.623. The summed E-state index contributed by atoms with van der Waals surface area (Å²) in [6.07, 6.45) is 0. The van der Waals surface area contributed by atoms with Crippen molar-refractivity contribution in [3.63, 3.8) is 0 Å². The second kappa shape index (κ2) is 8.11. The van der Waals surface area contributed by atoms with E-state index in [1.165, 1.54) is 0 Å². The molecule has 0 saturated heterocycles. The summed E-state index contributed by atoms with van der Waals surface area (Å²) >= 11 is 12.6. The number of hydrogen-bond donors (Lipinski definition) is 1. The molecule has 4 aromatic rings. The lowest BCUT2D eigenvalue weighted by Gasteiger charge is -2.16. The van der Waals surface area contributed by atoms with E-state index in [9.17, 15) is 0 Å². The summed E-state index contributed by atoms with van der Waals surface area (Å²) in [4.78, 5) is 9.70. The lowest BCUT2D eigenvalue weighted by atomic mass is 9.99. The zero-order chi connectivity index (χ0) is 19.5. The molecule has 3 nitrogen and oxygen atoms in total. The van der Waals surface area contributed by atoms with E-state index in [2.05, 4.69) is 0 Å². The third-order valence-electron chi connectivity index (χ3n) is 4.48. The largest absolute Gasteiger partial charge is 0.326 e. The fraction of sp³-hybridized carbons (Fsp3) is 0.0435. The fourth-order valence-corrected chi connectivity index (χ4v) is 3.63. The number of aromatic nitrogens is 2. The molecule has 0 aliphatic rings. The van der Waals surface area contributed by atoms with E-state index < -0.39 is 0 Å². The molecule has 0 saturated carbocycles. The molecule has 1 aromatic heterocycles. The minimum atomic E-state index is 0.285. The molecule has 5 heteroatoms. The number of nitrogens with two attached hydrogens (primary N) is 1. The first-order chi connectivity index (χ1) is 13.7. The van der Waals surface area contributed by atoms with Crippen molar-refractivity contribution in [3.8, 4) is 33.9 Å². The van der Waals surface area contributed by atoms with Crippen LogP contribution in [-0.2, 0) is 6.54 Å². The van der Waals surface area contributed by atoms with E-state index in [1.54, 1.807) is 12.1 Å². The Morgan fingerprint density at radius 3 is 1.93 bits per heavy atom. The molecule has 0 radical (unpaired) electrons. The smallest absolute Gasteiger partial charge is 0.160 e. The zero-order valence-electron chi connectivity index (χ0n) is 14.9. The van der Waals surface area contributed by atoms with Gasteiger partial charge in [0.25, 0.3) is 0 Å². The summed E-state index contributed by atoms with van der Waals surface area (Å²) < 4.78 is 0. The van der Waals surface area contributed by atoms with E-state index in [0.717, 1.165) is 33.6 Å². The number of halogens is 2. The van der Waals surface area contributed by atoms with E-state index in [0.29, 0.717) is 15.9 Å². The molecule has 138 valence electrons. The molecule has 4 rings (SSSR count). The third kappa shape index (κ3) is 3.65. The third-order valence-corrected chi connectivity index (χ3v) is 5.02. The predicted molar refractivity (Wildman–Crippen MR) is 116 cm³/mol. The normalized spacial score (nSPS) is 10.8. The Morgan fingerprint density at radius 1 is 0.714 bits per heavy atom. The predicted octanol–water partition coefficient (Wildman–Crippen LogP) is 6.24. The zero-order valence-corrected chi connectivity index (χ0v) is 16.5. The molecule has 3 aromatic carbocycles. The van der Waals surface area contributed by atoms with Crippen LogP contribution < -0.4 is 5.73 Å². The first-order valence-electron chi connectivity index (χ1n) is 8.84. The van der Waals surface area contributed by atoms with E-state index in [4.69, 9.17) is 38.9 Å². The van der Waals surface area contributed by atoms with E-state index in [1.807, 2.05) is 66.7 Å². The Balaban J connectivity index is 2.03. The highest BCUT2D eigenvalue weighted by atomic mass is 35.5. The van der Waals surface area contributed by atoms with Gasteiger partial charge in [-0.1, -0.05) is 83.9 Å². The van der Waals surface area contributed by atoms with Crippen LogP contribution in [0, 0.1) is 0 Å². The van der Waals surface area contributed by atoms with Crippen molar-refractivity contribution >= 4 is 23.2 Å². The molecule has 0 fully saturated rings. The van der Waals surface area contributed by atoms with E-state index >= 15 is 0 Å². The number of nitrogens with zero attached hydrogens (tertiary/aromatic N) is 2. The molecule has 2 N–H and O–H groups in total. The molecule has 0 spiro atoms. The second-order valence-corrected chi connectivity index (χ2v) is 7.13. The topological polar surface area (TPSA) is 51.8 Å². The van der Waals surface area contributed by atoms with Crippen molar-refractivity contribution in [2.75, 3.05) is 0 Å². The molecule has 0 atom stereocenters. The Bertz CT molecular complexity index is 1110. The summed E-state index contributed by atoms with van der Waals surface area (Å²) in [5.41, 5.74) is 11.2. The molecular weight excluding hydrogens is 389 g/mol. The van der Waals surface area contributed by atoms with Crippen molar-refractivity contribution in [2.24, 2.45) is 5.73 Å². The van der Waals surface area contributed by atoms with Gasteiger partial charge >= 0.3 is 0 Å². The van der Waals surface area contributed by atoms with Gasteiger partial charge in [-0.3, -0.25) is 0 Å². The summed E-state index contributed by atoms with van der Waals surface area (Å²) in [7, 11) is 0. The number of benzene rings is 3.